The molecule has 18 heavy (non-hydrogen) atoms. The number of hydrogen-bond donors (Lipinski definition) is 2. The highest BCUT2D eigenvalue weighted by Gasteiger charge is 2.43. The molecule has 0 atom stereocenters. The lowest BCUT2D eigenvalue weighted by Gasteiger charge is -2.28. The van der Waals surface area contributed by atoms with E-state index in [4.69, 9.17) is 5.73 Å². The van der Waals surface area contributed by atoms with E-state index < -0.39 is 14.6 Å². The summed E-state index contributed by atoms with van der Waals surface area (Å²) in [6.45, 7) is 0.303. The number of guanidine groups is 1. The van der Waals surface area contributed by atoms with E-state index in [9.17, 15) is 8.42 Å². The van der Waals surface area contributed by atoms with E-state index in [1.165, 1.54) is 12.7 Å². The first-order valence-corrected chi connectivity index (χ1v) is 8.58. The van der Waals surface area contributed by atoms with Crippen molar-refractivity contribution in [1.29, 1.82) is 0 Å². The normalized spacial score (nSPS) is 24.8. The Morgan fingerprint density at radius 1 is 1.33 bits per heavy atom. The Morgan fingerprint density at radius 2 is 1.94 bits per heavy atom. The van der Waals surface area contributed by atoms with Crippen LogP contribution in [-0.2, 0) is 9.84 Å². The van der Waals surface area contributed by atoms with Crippen LogP contribution in [0, 0.1) is 0 Å². The lowest BCUT2D eigenvalue weighted by Crippen LogP contribution is -2.45. The topological polar surface area (TPSA) is 84.5 Å². The van der Waals surface area contributed by atoms with Crippen molar-refractivity contribution in [3.8, 4) is 0 Å². The van der Waals surface area contributed by atoms with Gasteiger partial charge in [-0.3, -0.25) is 4.99 Å². The molecule has 2 fully saturated rings. The molecule has 0 saturated heterocycles. The fourth-order valence-corrected chi connectivity index (χ4v) is 4.03. The van der Waals surface area contributed by atoms with Crippen LogP contribution in [0.5, 0.6) is 0 Å². The number of nitrogens with one attached hydrogen (secondary N) is 1. The van der Waals surface area contributed by atoms with Crippen molar-refractivity contribution in [2.75, 3.05) is 12.8 Å². The molecule has 2 aliphatic rings. The number of aliphatic imine (C=N–C) groups is 1. The minimum Gasteiger partial charge on any atom is -0.370 e. The second kappa shape index (κ2) is 5.07. The summed E-state index contributed by atoms with van der Waals surface area (Å²) in [4.78, 5) is 4.27. The molecule has 0 unspecified atom stereocenters. The number of hydrogen-bond acceptors (Lipinski definition) is 3. The molecule has 3 N–H and O–H groups in total. The van der Waals surface area contributed by atoms with Crippen molar-refractivity contribution in [3.63, 3.8) is 0 Å². The third-order valence-corrected chi connectivity index (χ3v) is 6.41. The maximum atomic E-state index is 11.9. The largest absolute Gasteiger partial charge is 0.370 e. The average Bonchev–Trinajstić information content (AvgIpc) is 2.69. The van der Waals surface area contributed by atoms with Crippen molar-refractivity contribution in [2.24, 2.45) is 10.7 Å². The summed E-state index contributed by atoms with van der Waals surface area (Å²) < 4.78 is 23.2. The predicted molar refractivity (Wildman–Crippen MR) is 73.3 cm³/mol. The van der Waals surface area contributed by atoms with Crippen LogP contribution in [0.2, 0.25) is 0 Å². The van der Waals surface area contributed by atoms with Gasteiger partial charge in [-0.15, -0.1) is 0 Å². The molecule has 6 heteroatoms. The van der Waals surface area contributed by atoms with E-state index in [0.717, 1.165) is 25.7 Å². The second-order valence-electron chi connectivity index (χ2n) is 5.64. The van der Waals surface area contributed by atoms with Crippen molar-refractivity contribution >= 4 is 15.8 Å². The summed E-state index contributed by atoms with van der Waals surface area (Å²) in [6, 6.07) is 0.437. The van der Waals surface area contributed by atoms with Gasteiger partial charge in [0.05, 0.1) is 11.3 Å². The molecule has 0 aromatic rings. The molecular formula is C12H23N3O2S. The summed E-state index contributed by atoms with van der Waals surface area (Å²) in [5, 5.41) is 3.14. The van der Waals surface area contributed by atoms with Crippen LogP contribution < -0.4 is 11.1 Å². The van der Waals surface area contributed by atoms with Gasteiger partial charge in [0.2, 0.25) is 0 Å². The maximum Gasteiger partial charge on any atom is 0.188 e. The zero-order valence-electron chi connectivity index (χ0n) is 11.0. The molecule has 0 amide bonds. The van der Waals surface area contributed by atoms with Crippen LogP contribution in [0.4, 0.5) is 0 Å². The van der Waals surface area contributed by atoms with Crippen molar-refractivity contribution in [1.82, 2.24) is 5.32 Å². The Hall–Kier alpha value is -0.780. The number of rotatable bonds is 4. The lowest BCUT2D eigenvalue weighted by molar-refractivity contribution is 0.382. The first kappa shape index (κ1) is 13.6. The quantitative estimate of drug-likeness (QED) is 0.586. The van der Waals surface area contributed by atoms with E-state index in [1.807, 2.05) is 0 Å². The Morgan fingerprint density at radius 3 is 2.39 bits per heavy atom. The summed E-state index contributed by atoms with van der Waals surface area (Å²) in [7, 11) is -3.07. The Balaban J connectivity index is 1.99. The molecular weight excluding hydrogens is 250 g/mol. The van der Waals surface area contributed by atoms with Gasteiger partial charge in [-0.25, -0.2) is 8.42 Å². The zero-order valence-corrected chi connectivity index (χ0v) is 11.8. The Kier molecular flexibility index (Phi) is 3.84. The highest BCUT2D eigenvalue weighted by molar-refractivity contribution is 7.92. The van der Waals surface area contributed by atoms with Gasteiger partial charge in [0.15, 0.2) is 15.8 Å². The molecule has 0 aromatic heterocycles. The van der Waals surface area contributed by atoms with Crippen LogP contribution in [0.1, 0.15) is 44.9 Å². The fourth-order valence-electron chi connectivity index (χ4n) is 2.70. The summed E-state index contributed by atoms with van der Waals surface area (Å²) in [5.41, 5.74) is 5.81. The molecule has 0 heterocycles. The van der Waals surface area contributed by atoms with E-state index in [-0.39, 0.29) is 0 Å². The minimum atomic E-state index is -3.07. The van der Waals surface area contributed by atoms with Crippen LogP contribution in [0.25, 0.3) is 0 Å². The minimum absolute atomic E-state index is 0.303. The maximum absolute atomic E-state index is 11.9. The van der Waals surface area contributed by atoms with E-state index in [2.05, 4.69) is 10.3 Å². The Labute approximate surface area is 109 Å². The summed E-state index contributed by atoms with van der Waals surface area (Å²) in [5.74, 6) is 0.398. The van der Waals surface area contributed by atoms with Gasteiger partial charge in [-0.2, -0.15) is 0 Å². The van der Waals surface area contributed by atoms with Crippen LogP contribution in [0.15, 0.2) is 4.99 Å². The zero-order chi connectivity index (χ0) is 13.2. The predicted octanol–water partition coefficient (Wildman–Crippen LogP) is 0.801. The molecule has 2 saturated carbocycles. The smallest absolute Gasteiger partial charge is 0.188 e. The van der Waals surface area contributed by atoms with Crippen LogP contribution >= 0.6 is 0 Å². The monoisotopic (exact) mass is 273 g/mol. The van der Waals surface area contributed by atoms with Gasteiger partial charge in [0, 0.05) is 12.3 Å². The van der Waals surface area contributed by atoms with Gasteiger partial charge >= 0.3 is 0 Å². The molecule has 5 nitrogen and oxygen atoms in total. The molecule has 0 spiro atoms. The van der Waals surface area contributed by atoms with Crippen LogP contribution in [-0.4, -0.2) is 38.0 Å². The average molecular weight is 273 g/mol. The van der Waals surface area contributed by atoms with Crippen molar-refractivity contribution in [2.45, 2.75) is 55.7 Å². The third kappa shape index (κ3) is 2.79. The number of sulfone groups is 1. The molecule has 2 rings (SSSR count). The lowest BCUT2D eigenvalue weighted by atomic mass is 9.93. The van der Waals surface area contributed by atoms with Crippen molar-refractivity contribution < 1.29 is 8.42 Å². The van der Waals surface area contributed by atoms with Gasteiger partial charge in [0.1, 0.15) is 0 Å². The number of nitrogens with zero attached hydrogens (tertiary/aromatic N) is 1. The van der Waals surface area contributed by atoms with Crippen LogP contribution in [0.3, 0.4) is 0 Å². The molecule has 0 aliphatic heterocycles. The molecule has 0 aromatic carbocycles. The molecule has 2 aliphatic carbocycles. The molecule has 104 valence electrons. The highest BCUT2D eigenvalue weighted by Crippen LogP contribution is 2.36. The fraction of sp³-hybridized carbons (Fsp3) is 0.917. The first-order valence-electron chi connectivity index (χ1n) is 6.69. The summed E-state index contributed by atoms with van der Waals surface area (Å²) in [6.07, 6.45) is 8.19. The molecule has 0 radical (unpaired) electrons. The Bertz CT molecular complexity index is 421. The van der Waals surface area contributed by atoms with Gasteiger partial charge < -0.3 is 11.1 Å². The van der Waals surface area contributed by atoms with Gasteiger partial charge in [0.25, 0.3) is 0 Å². The van der Waals surface area contributed by atoms with Gasteiger partial charge in [-0.1, -0.05) is 12.8 Å². The number of nitrogens with two attached hydrogens (primary N) is 1. The third-order valence-electron chi connectivity index (χ3n) is 4.30. The highest BCUT2D eigenvalue weighted by atomic mass is 32.2. The summed E-state index contributed by atoms with van der Waals surface area (Å²) >= 11 is 0. The SMILES string of the molecule is CS(=O)(=O)C1(CN=C(N)NC2CCC2)CCCC1. The van der Waals surface area contributed by atoms with E-state index >= 15 is 0 Å². The first-order chi connectivity index (χ1) is 8.43. The van der Waals surface area contributed by atoms with E-state index in [1.54, 1.807) is 0 Å². The van der Waals surface area contributed by atoms with E-state index in [0.29, 0.717) is 31.4 Å². The standard InChI is InChI=1S/C12H23N3O2S/c1-18(16,17)12(7-2-3-8-12)9-14-11(13)15-10-5-4-6-10/h10H,2-9H2,1H3,(H3,13,14,15). The van der Waals surface area contributed by atoms with Crippen molar-refractivity contribution in [3.05, 3.63) is 0 Å². The molecule has 0 bridgehead atoms. The van der Waals surface area contributed by atoms with Gasteiger partial charge in [-0.05, 0) is 32.1 Å². The second-order valence-corrected chi connectivity index (χ2v) is 8.05.